The molecule has 0 bridgehead atoms. The molecule has 1 rings (SSSR count). The minimum absolute atomic E-state index is 0.173. The second kappa shape index (κ2) is 10.5. The Morgan fingerprint density at radius 3 is 1.52 bits per heavy atom. The Kier molecular flexibility index (Phi) is 9.01. The highest BCUT2D eigenvalue weighted by molar-refractivity contribution is 6.56. The molecule has 2 heteroatoms. The summed E-state index contributed by atoms with van der Waals surface area (Å²) in [6.07, 6.45) is 13.2. The Labute approximate surface area is 179 Å². The maximum Gasteiger partial charge on any atom is 0.0903 e. The van der Waals surface area contributed by atoms with Crippen molar-refractivity contribution in [1.82, 2.24) is 0 Å². The number of nitrogens with zero attached hydrogens (tertiary/aromatic N) is 2. The Hall–Kier alpha value is -2.22. The standard InChI is InChI=1S/C27H40N2/c1-18(2)19(3)12-13-20(4)23-16-17-24(26(29-11)25(23)28-10)21(5)14-15-22(6)27(7,8)9/h12-18H,1-11H3/b19-12+,20-13+,21-14+,22-15+,28-25?,29-26?. The van der Waals surface area contributed by atoms with Crippen molar-refractivity contribution in [1.29, 1.82) is 0 Å². The van der Waals surface area contributed by atoms with Crippen LogP contribution in [0.2, 0.25) is 0 Å². The van der Waals surface area contributed by atoms with Gasteiger partial charge in [0.15, 0.2) is 0 Å². The first kappa shape index (κ1) is 24.8. The normalized spacial score (nSPS) is 20.6. The van der Waals surface area contributed by atoms with Crippen LogP contribution in [-0.4, -0.2) is 25.5 Å². The van der Waals surface area contributed by atoms with Gasteiger partial charge in [0.25, 0.3) is 0 Å². The molecule has 0 aromatic rings. The van der Waals surface area contributed by atoms with Gasteiger partial charge in [-0.1, -0.05) is 82.2 Å². The van der Waals surface area contributed by atoms with E-state index < -0.39 is 0 Å². The first-order valence-corrected chi connectivity index (χ1v) is 10.5. The van der Waals surface area contributed by atoms with E-state index in [1.54, 1.807) is 0 Å². The van der Waals surface area contributed by atoms with Crippen molar-refractivity contribution in [3.8, 4) is 0 Å². The number of rotatable bonds is 5. The molecular formula is C27H40N2. The lowest BCUT2D eigenvalue weighted by molar-refractivity contribution is 0.504. The Balaban J connectivity index is 3.41. The Bertz CT molecular complexity index is 855. The summed E-state index contributed by atoms with van der Waals surface area (Å²) in [5, 5.41) is 0. The first-order chi connectivity index (χ1) is 13.4. The number of allylic oxidation sites excluding steroid dienone is 12. The minimum Gasteiger partial charge on any atom is -0.286 e. The zero-order chi connectivity index (χ0) is 22.4. The van der Waals surface area contributed by atoms with Crippen molar-refractivity contribution >= 4 is 11.4 Å². The van der Waals surface area contributed by atoms with E-state index in [4.69, 9.17) is 0 Å². The zero-order valence-corrected chi connectivity index (χ0v) is 20.4. The third kappa shape index (κ3) is 6.66. The molecule has 1 aliphatic carbocycles. The molecule has 0 amide bonds. The topological polar surface area (TPSA) is 24.7 Å². The van der Waals surface area contributed by atoms with Crippen LogP contribution >= 0.6 is 0 Å². The Morgan fingerprint density at radius 1 is 0.759 bits per heavy atom. The van der Waals surface area contributed by atoms with E-state index in [9.17, 15) is 0 Å². The summed E-state index contributed by atoms with van der Waals surface area (Å²) < 4.78 is 0. The SMILES string of the molecule is CN=C1C(/C(C)=C/C=C(\C)C(C)C)=CC=C(/C(C)=C/C=C(\C)C(C)(C)C)C1=NC. The largest absolute Gasteiger partial charge is 0.286 e. The van der Waals surface area contributed by atoms with E-state index in [1.165, 1.54) is 22.3 Å². The number of hydrogen-bond donors (Lipinski definition) is 0. The molecule has 2 nitrogen and oxygen atoms in total. The molecule has 0 atom stereocenters. The molecule has 0 saturated carbocycles. The molecule has 0 aliphatic heterocycles. The monoisotopic (exact) mass is 392 g/mol. The molecule has 0 radical (unpaired) electrons. The quantitative estimate of drug-likeness (QED) is 0.342. The van der Waals surface area contributed by atoms with E-state index in [0.29, 0.717) is 5.92 Å². The van der Waals surface area contributed by atoms with Gasteiger partial charge in [0, 0.05) is 25.2 Å². The van der Waals surface area contributed by atoms with Gasteiger partial charge >= 0.3 is 0 Å². The molecule has 0 N–H and O–H groups in total. The second-order valence-electron chi connectivity index (χ2n) is 9.17. The summed E-state index contributed by atoms with van der Waals surface area (Å²) in [4.78, 5) is 9.21. The van der Waals surface area contributed by atoms with Gasteiger partial charge in [-0.05, 0) is 50.2 Å². The van der Waals surface area contributed by atoms with Crippen molar-refractivity contribution in [2.75, 3.05) is 14.1 Å². The van der Waals surface area contributed by atoms with E-state index in [0.717, 1.165) is 22.6 Å². The average molecular weight is 393 g/mol. The molecule has 0 aromatic carbocycles. The molecule has 0 aromatic heterocycles. The van der Waals surface area contributed by atoms with Crippen molar-refractivity contribution < 1.29 is 0 Å². The summed E-state index contributed by atoms with van der Waals surface area (Å²) in [5.74, 6) is 0.551. The highest BCUT2D eigenvalue weighted by Crippen LogP contribution is 2.27. The molecule has 0 heterocycles. The molecule has 158 valence electrons. The lowest BCUT2D eigenvalue weighted by Crippen LogP contribution is -2.23. The average Bonchev–Trinajstić information content (AvgIpc) is 2.67. The van der Waals surface area contributed by atoms with E-state index in [1.807, 2.05) is 14.1 Å². The van der Waals surface area contributed by atoms with Crippen LogP contribution in [0.15, 0.2) is 79.9 Å². The van der Waals surface area contributed by atoms with Gasteiger partial charge in [0.05, 0.1) is 11.4 Å². The number of aliphatic imine (C=N–C) groups is 2. The lowest BCUT2D eigenvalue weighted by atomic mass is 9.85. The fourth-order valence-electron chi connectivity index (χ4n) is 2.80. The molecule has 1 aliphatic rings. The van der Waals surface area contributed by atoms with Crippen LogP contribution in [0.25, 0.3) is 0 Å². The van der Waals surface area contributed by atoms with Crippen LogP contribution in [0.1, 0.15) is 62.3 Å². The molecule has 0 fully saturated rings. The molecular weight excluding hydrogens is 352 g/mol. The van der Waals surface area contributed by atoms with Gasteiger partial charge in [-0.15, -0.1) is 0 Å². The summed E-state index contributed by atoms with van der Waals surface area (Å²) in [6.45, 7) is 19.8. The fraction of sp³-hybridized carbons (Fsp3) is 0.481. The van der Waals surface area contributed by atoms with Gasteiger partial charge in [-0.25, -0.2) is 0 Å². The zero-order valence-electron chi connectivity index (χ0n) is 20.4. The maximum atomic E-state index is 4.61. The van der Waals surface area contributed by atoms with Gasteiger partial charge in [-0.2, -0.15) is 0 Å². The van der Waals surface area contributed by atoms with Crippen LogP contribution in [-0.2, 0) is 0 Å². The predicted molar refractivity (Wildman–Crippen MR) is 132 cm³/mol. The van der Waals surface area contributed by atoms with Gasteiger partial charge in [-0.3, -0.25) is 9.98 Å². The van der Waals surface area contributed by atoms with Crippen LogP contribution in [0.3, 0.4) is 0 Å². The lowest BCUT2D eigenvalue weighted by Gasteiger charge is -2.21. The van der Waals surface area contributed by atoms with Crippen LogP contribution in [0, 0.1) is 11.3 Å². The molecule has 0 spiro atoms. The van der Waals surface area contributed by atoms with Crippen LogP contribution in [0.4, 0.5) is 0 Å². The number of hydrogen-bond acceptors (Lipinski definition) is 2. The Morgan fingerprint density at radius 2 is 1.17 bits per heavy atom. The maximum absolute atomic E-state index is 4.61. The second-order valence-corrected chi connectivity index (χ2v) is 9.17. The van der Waals surface area contributed by atoms with Crippen molar-refractivity contribution in [2.45, 2.75) is 62.3 Å². The third-order valence-electron chi connectivity index (χ3n) is 5.72. The van der Waals surface area contributed by atoms with Gasteiger partial charge < -0.3 is 0 Å². The van der Waals surface area contributed by atoms with Crippen LogP contribution in [0.5, 0.6) is 0 Å². The van der Waals surface area contributed by atoms with Crippen molar-refractivity contribution in [2.24, 2.45) is 21.3 Å². The van der Waals surface area contributed by atoms with E-state index >= 15 is 0 Å². The van der Waals surface area contributed by atoms with Crippen LogP contribution < -0.4 is 0 Å². The van der Waals surface area contributed by atoms with Crippen molar-refractivity contribution in [3.63, 3.8) is 0 Å². The highest BCUT2D eigenvalue weighted by Gasteiger charge is 2.22. The third-order valence-corrected chi connectivity index (χ3v) is 5.72. The fourth-order valence-corrected chi connectivity index (χ4v) is 2.80. The summed E-state index contributed by atoms with van der Waals surface area (Å²) in [7, 11) is 3.70. The minimum atomic E-state index is 0.173. The van der Waals surface area contributed by atoms with Gasteiger partial charge in [0.1, 0.15) is 0 Å². The summed E-state index contributed by atoms with van der Waals surface area (Å²) >= 11 is 0. The molecule has 0 saturated heterocycles. The highest BCUT2D eigenvalue weighted by atomic mass is 14.8. The molecule has 29 heavy (non-hydrogen) atoms. The van der Waals surface area contributed by atoms with E-state index in [-0.39, 0.29) is 5.41 Å². The first-order valence-electron chi connectivity index (χ1n) is 10.5. The summed E-state index contributed by atoms with van der Waals surface area (Å²) in [6, 6.07) is 0. The molecule has 0 unspecified atom stereocenters. The van der Waals surface area contributed by atoms with Crippen molar-refractivity contribution in [3.05, 3.63) is 69.9 Å². The smallest absolute Gasteiger partial charge is 0.0903 e. The van der Waals surface area contributed by atoms with Gasteiger partial charge in [0.2, 0.25) is 0 Å². The summed E-state index contributed by atoms with van der Waals surface area (Å²) in [5.41, 5.74) is 9.49. The van der Waals surface area contributed by atoms with E-state index in [2.05, 4.69) is 109 Å². The predicted octanol–water partition coefficient (Wildman–Crippen LogP) is 7.48.